The Kier molecular flexibility index (Phi) is 12.3. The number of unbranched alkanes of at least 4 members (excludes halogenated alkanes) is 1. The molecule has 0 spiro atoms. The van der Waals surface area contributed by atoms with Crippen molar-refractivity contribution in [1.29, 1.82) is 0 Å². The predicted molar refractivity (Wildman–Crippen MR) is 133 cm³/mol. The van der Waals surface area contributed by atoms with Crippen molar-refractivity contribution in [2.45, 2.75) is 46.6 Å². The van der Waals surface area contributed by atoms with E-state index in [1.54, 1.807) is 0 Å². The Labute approximate surface area is 187 Å². The van der Waals surface area contributed by atoms with Gasteiger partial charge in [0.2, 0.25) is 0 Å². The molecule has 2 aromatic rings. The van der Waals surface area contributed by atoms with E-state index in [0.717, 1.165) is 24.0 Å². The van der Waals surface area contributed by atoms with Crippen LogP contribution in [0.4, 0.5) is 10.1 Å². The van der Waals surface area contributed by atoms with Crippen LogP contribution in [0, 0.1) is 6.92 Å². The normalized spacial score (nSPS) is 12.3. The van der Waals surface area contributed by atoms with Crippen molar-refractivity contribution in [3.8, 4) is 5.75 Å². The third-order valence-corrected chi connectivity index (χ3v) is 4.68. The number of aliphatic hydroxyl groups excluding tert-OH is 1. The molecule has 0 heterocycles. The molecular formula is C27H38FNO2. The highest BCUT2D eigenvalue weighted by atomic mass is 19.1. The Morgan fingerprint density at radius 2 is 1.81 bits per heavy atom. The molecule has 0 aliphatic heterocycles. The highest BCUT2D eigenvalue weighted by Gasteiger charge is 2.06. The third-order valence-electron chi connectivity index (χ3n) is 4.68. The SMILES string of the molecule is CC.CCC/C=C(/C=C\c1cc(OCC(O)CF)ccc1C)c1ccc(N(C)C)cc1. The third kappa shape index (κ3) is 8.97. The number of allylic oxidation sites excluding steroid dienone is 3. The second-order valence-electron chi connectivity index (χ2n) is 7.36. The van der Waals surface area contributed by atoms with Crippen molar-refractivity contribution in [2.75, 3.05) is 32.3 Å². The molecule has 170 valence electrons. The van der Waals surface area contributed by atoms with Crippen LogP contribution in [-0.2, 0) is 0 Å². The van der Waals surface area contributed by atoms with E-state index in [2.05, 4.69) is 54.3 Å². The quantitative estimate of drug-likeness (QED) is 0.429. The molecule has 0 amide bonds. The van der Waals surface area contributed by atoms with Gasteiger partial charge in [-0.3, -0.25) is 0 Å². The van der Waals surface area contributed by atoms with Crippen molar-refractivity contribution in [1.82, 2.24) is 0 Å². The van der Waals surface area contributed by atoms with E-state index < -0.39 is 12.8 Å². The minimum absolute atomic E-state index is 0.0530. The summed E-state index contributed by atoms with van der Waals surface area (Å²) < 4.78 is 17.9. The van der Waals surface area contributed by atoms with Crippen LogP contribution in [0.5, 0.6) is 5.75 Å². The molecule has 0 aliphatic rings. The second kappa shape index (κ2) is 14.4. The number of halogens is 1. The van der Waals surface area contributed by atoms with Gasteiger partial charge < -0.3 is 14.7 Å². The monoisotopic (exact) mass is 427 g/mol. The molecule has 2 rings (SSSR count). The van der Waals surface area contributed by atoms with Crippen molar-refractivity contribution >= 4 is 17.3 Å². The van der Waals surface area contributed by atoms with Gasteiger partial charge in [0, 0.05) is 19.8 Å². The summed E-state index contributed by atoms with van der Waals surface area (Å²) in [6, 6.07) is 14.3. The van der Waals surface area contributed by atoms with Gasteiger partial charge in [0.1, 0.15) is 25.1 Å². The van der Waals surface area contributed by atoms with E-state index in [0.29, 0.717) is 5.75 Å². The number of nitrogens with zero attached hydrogens (tertiary/aromatic N) is 1. The first-order valence-corrected chi connectivity index (χ1v) is 11.1. The lowest BCUT2D eigenvalue weighted by Gasteiger charge is -2.13. The first-order valence-electron chi connectivity index (χ1n) is 11.1. The number of hydrogen-bond donors (Lipinski definition) is 1. The minimum Gasteiger partial charge on any atom is -0.491 e. The Balaban J connectivity index is 0.00000233. The maximum Gasteiger partial charge on any atom is 0.120 e. The molecule has 0 fully saturated rings. The first-order chi connectivity index (χ1) is 14.9. The van der Waals surface area contributed by atoms with E-state index >= 15 is 0 Å². The van der Waals surface area contributed by atoms with Crippen LogP contribution in [0.1, 0.15) is 50.3 Å². The van der Waals surface area contributed by atoms with Crippen molar-refractivity contribution in [3.05, 3.63) is 71.3 Å². The van der Waals surface area contributed by atoms with Gasteiger partial charge in [-0.1, -0.05) is 63.6 Å². The summed E-state index contributed by atoms with van der Waals surface area (Å²) in [6.07, 6.45) is 7.47. The number of hydrogen-bond acceptors (Lipinski definition) is 3. The van der Waals surface area contributed by atoms with Gasteiger partial charge >= 0.3 is 0 Å². The molecule has 1 unspecified atom stereocenters. The maximum atomic E-state index is 12.4. The number of aliphatic hydroxyl groups is 1. The molecule has 0 bridgehead atoms. The summed E-state index contributed by atoms with van der Waals surface area (Å²) >= 11 is 0. The standard InChI is InChI=1S/C25H32FNO2.C2H6/c1-5-6-7-20(21-11-13-23(14-12-21)27(3)4)9-10-22-16-25(15-8-19(22)2)29-18-24(28)17-26;1-2/h7-16,24,28H,5-6,17-18H2,1-4H3;1-2H3/b10-9-,20-7-;. The molecule has 2 aromatic carbocycles. The fraction of sp³-hybridized carbons (Fsp3) is 0.407. The number of benzene rings is 2. The summed E-state index contributed by atoms with van der Waals surface area (Å²) in [6.45, 7) is 7.35. The number of rotatable bonds is 10. The highest BCUT2D eigenvalue weighted by molar-refractivity contribution is 5.80. The van der Waals surface area contributed by atoms with Gasteiger partial charge in [0.05, 0.1) is 0 Å². The van der Waals surface area contributed by atoms with Crippen LogP contribution >= 0.6 is 0 Å². The average molecular weight is 428 g/mol. The van der Waals surface area contributed by atoms with Gasteiger partial charge in [-0.25, -0.2) is 4.39 Å². The van der Waals surface area contributed by atoms with Crippen molar-refractivity contribution in [3.63, 3.8) is 0 Å². The summed E-state index contributed by atoms with van der Waals surface area (Å²) in [7, 11) is 4.07. The number of aryl methyl sites for hydroxylation is 1. The van der Waals surface area contributed by atoms with Crippen LogP contribution < -0.4 is 9.64 Å². The summed E-state index contributed by atoms with van der Waals surface area (Å²) in [5, 5.41) is 9.36. The fourth-order valence-electron chi connectivity index (χ4n) is 2.84. The zero-order chi connectivity index (χ0) is 23.2. The van der Waals surface area contributed by atoms with Gasteiger partial charge in [0.25, 0.3) is 0 Å². The van der Waals surface area contributed by atoms with E-state index in [-0.39, 0.29) is 6.61 Å². The van der Waals surface area contributed by atoms with E-state index in [1.807, 2.05) is 53.1 Å². The highest BCUT2D eigenvalue weighted by Crippen LogP contribution is 2.24. The summed E-state index contributed by atoms with van der Waals surface area (Å²) in [4.78, 5) is 2.09. The Bertz CT molecular complexity index is 826. The zero-order valence-corrected chi connectivity index (χ0v) is 19.9. The molecule has 0 saturated heterocycles. The lowest BCUT2D eigenvalue weighted by molar-refractivity contribution is 0.0842. The smallest absolute Gasteiger partial charge is 0.120 e. The number of alkyl halides is 1. The summed E-state index contributed by atoms with van der Waals surface area (Å²) in [5.41, 5.74) is 5.68. The van der Waals surface area contributed by atoms with Crippen LogP contribution in [0.15, 0.2) is 54.6 Å². The van der Waals surface area contributed by atoms with E-state index in [4.69, 9.17) is 4.74 Å². The fourth-order valence-corrected chi connectivity index (χ4v) is 2.84. The molecule has 3 nitrogen and oxygen atoms in total. The van der Waals surface area contributed by atoms with Crippen molar-refractivity contribution in [2.24, 2.45) is 0 Å². The Morgan fingerprint density at radius 1 is 1.13 bits per heavy atom. The first kappa shape index (κ1) is 26.4. The van der Waals surface area contributed by atoms with Crippen LogP contribution in [-0.4, -0.2) is 38.6 Å². The lowest BCUT2D eigenvalue weighted by atomic mass is 10.0. The molecule has 0 aliphatic carbocycles. The van der Waals surface area contributed by atoms with Gasteiger partial charge in [0.15, 0.2) is 0 Å². The molecule has 0 saturated carbocycles. The molecule has 0 aromatic heterocycles. The van der Waals surface area contributed by atoms with Crippen LogP contribution in [0.3, 0.4) is 0 Å². The summed E-state index contributed by atoms with van der Waals surface area (Å²) in [5.74, 6) is 0.622. The molecule has 31 heavy (non-hydrogen) atoms. The van der Waals surface area contributed by atoms with Crippen LogP contribution in [0.25, 0.3) is 11.6 Å². The topological polar surface area (TPSA) is 32.7 Å². The number of anilines is 1. The molecule has 1 atom stereocenters. The number of ether oxygens (including phenoxy) is 1. The molecule has 1 N–H and O–H groups in total. The Morgan fingerprint density at radius 3 is 2.39 bits per heavy atom. The minimum atomic E-state index is -1.09. The molecule has 4 heteroatoms. The average Bonchev–Trinajstić information content (AvgIpc) is 2.80. The molecular weight excluding hydrogens is 389 g/mol. The van der Waals surface area contributed by atoms with Gasteiger partial charge in [-0.05, 0) is 59.9 Å². The largest absolute Gasteiger partial charge is 0.491 e. The second-order valence-corrected chi connectivity index (χ2v) is 7.36. The van der Waals surface area contributed by atoms with E-state index in [1.165, 1.54) is 16.8 Å². The van der Waals surface area contributed by atoms with Gasteiger partial charge in [-0.2, -0.15) is 0 Å². The lowest BCUT2D eigenvalue weighted by Crippen LogP contribution is -2.19. The zero-order valence-electron chi connectivity index (χ0n) is 19.9. The predicted octanol–water partition coefficient (Wildman–Crippen LogP) is 6.69. The van der Waals surface area contributed by atoms with Crippen LogP contribution in [0.2, 0.25) is 0 Å². The van der Waals surface area contributed by atoms with Gasteiger partial charge in [-0.15, -0.1) is 0 Å². The van der Waals surface area contributed by atoms with Crippen molar-refractivity contribution < 1.29 is 14.2 Å². The molecule has 0 radical (unpaired) electrons. The maximum absolute atomic E-state index is 12.4. The van der Waals surface area contributed by atoms with E-state index in [9.17, 15) is 9.50 Å². The Hall–Kier alpha value is -2.59.